The van der Waals surface area contributed by atoms with Crippen LogP contribution >= 0.6 is 0 Å². The molecule has 3 heteroatoms. The Kier molecular flexibility index (Phi) is 3.98. The Morgan fingerprint density at radius 1 is 1.42 bits per heavy atom. The monoisotopic (exact) mass is 263 g/mol. The second-order valence-electron chi connectivity index (χ2n) is 6.61. The second kappa shape index (κ2) is 5.22. The Labute approximate surface area is 116 Å². The minimum atomic E-state index is 0.0791. The zero-order valence-electron chi connectivity index (χ0n) is 12.7. The fourth-order valence-corrected chi connectivity index (χ4v) is 3.89. The number of rotatable bonds is 3. The molecule has 106 valence electrons. The highest BCUT2D eigenvalue weighted by atomic mass is 16.3. The minimum Gasteiger partial charge on any atom is -0.391 e. The predicted molar refractivity (Wildman–Crippen MR) is 79.9 cm³/mol. The molecule has 2 unspecified atom stereocenters. The summed E-state index contributed by atoms with van der Waals surface area (Å²) >= 11 is 0. The van der Waals surface area contributed by atoms with Gasteiger partial charge in [0.25, 0.3) is 0 Å². The lowest BCUT2D eigenvalue weighted by Gasteiger charge is -2.49. The Balaban J connectivity index is 2.62. The summed E-state index contributed by atoms with van der Waals surface area (Å²) in [5.74, 6) is 1.09. The van der Waals surface area contributed by atoms with Gasteiger partial charge in [-0.05, 0) is 39.3 Å². The van der Waals surface area contributed by atoms with E-state index in [-0.39, 0.29) is 12.1 Å². The van der Waals surface area contributed by atoms with Crippen molar-refractivity contribution in [3.8, 4) is 0 Å². The van der Waals surface area contributed by atoms with E-state index >= 15 is 0 Å². The number of aliphatic hydroxyl groups is 1. The fourth-order valence-electron chi connectivity index (χ4n) is 3.89. The number of hydrogen-bond acceptors (Lipinski definition) is 2. The van der Waals surface area contributed by atoms with E-state index in [1.807, 2.05) is 18.3 Å². The van der Waals surface area contributed by atoms with Crippen LogP contribution in [0, 0.1) is 0 Å². The summed E-state index contributed by atoms with van der Waals surface area (Å²) in [6.07, 6.45) is 5.54. The maximum atomic E-state index is 9.67. The van der Waals surface area contributed by atoms with Gasteiger partial charge >= 0.3 is 0 Å². The minimum absolute atomic E-state index is 0.0791. The Hall–Kier alpha value is -0.930. The van der Waals surface area contributed by atoms with Crippen LogP contribution in [0.1, 0.15) is 52.5 Å². The van der Waals surface area contributed by atoms with Gasteiger partial charge in [-0.15, -0.1) is 0 Å². The van der Waals surface area contributed by atoms with Gasteiger partial charge in [0.2, 0.25) is 5.82 Å². The molecular weight excluding hydrogens is 236 g/mol. The van der Waals surface area contributed by atoms with Crippen molar-refractivity contribution in [3.05, 3.63) is 23.9 Å². The SMILES string of the molecule is CCC1CCC[N+]1(c1ncccc1CO)C(C)(C)C. The Morgan fingerprint density at radius 2 is 2.16 bits per heavy atom. The van der Waals surface area contributed by atoms with E-state index in [1.54, 1.807) is 0 Å². The van der Waals surface area contributed by atoms with Gasteiger partial charge in [0.1, 0.15) is 0 Å². The van der Waals surface area contributed by atoms with Gasteiger partial charge in [0.15, 0.2) is 0 Å². The summed E-state index contributed by atoms with van der Waals surface area (Å²) in [5, 5.41) is 9.67. The number of aliphatic hydroxyl groups excluding tert-OH is 1. The van der Waals surface area contributed by atoms with Crippen molar-refractivity contribution in [3.63, 3.8) is 0 Å². The van der Waals surface area contributed by atoms with E-state index in [0.717, 1.165) is 22.4 Å². The van der Waals surface area contributed by atoms with Gasteiger partial charge in [0.05, 0.1) is 30.3 Å². The molecule has 1 fully saturated rings. The van der Waals surface area contributed by atoms with E-state index in [4.69, 9.17) is 0 Å². The van der Waals surface area contributed by atoms with Crippen LogP contribution in [0.3, 0.4) is 0 Å². The number of nitrogens with zero attached hydrogens (tertiary/aromatic N) is 2. The molecule has 3 nitrogen and oxygen atoms in total. The normalized spacial score (nSPS) is 27.7. The molecule has 1 saturated heterocycles. The van der Waals surface area contributed by atoms with Crippen molar-refractivity contribution in [2.45, 2.75) is 65.1 Å². The molecule has 1 aliphatic heterocycles. The first-order valence-electron chi connectivity index (χ1n) is 7.40. The Morgan fingerprint density at radius 3 is 2.74 bits per heavy atom. The van der Waals surface area contributed by atoms with Crippen molar-refractivity contribution in [2.75, 3.05) is 6.54 Å². The van der Waals surface area contributed by atoms with Crippen LogP contribution < -0.4 is 4.48 Å². The zero-order valence-corrected chi connectivity index (χ0v) is 12.7. The van der Waals surface area contributed by atoms with Crippen LogP contribution in [0.4, 0.5) is 5.82 Å². The molecule has 1 aromatic heterocycles. The average molecular weight is 263 g/mol. The van der Waals surface area contributed by atoms with E-state index in [0.29, 0.717) is 6.04 Å². The molecule has 1 aliphatic rings. The average Bonchev–Trinajstić information content (AvgIpc) is 2.82. The molecule has 0 saturated carbocycles. The van der Waals surface area contributed by atoms with Crippen LogP contribution in [-0.2, 0) is 6.61 Å². The maximum absolute atomic E-state index is 9.67. The zero-order chi connectivity index (χ0) is 14.1. The van der Waals surface area contributed by atoms with E-state index < -0.39 is 0 Å². The molecule has 0 bridgehead atoms. The largest absolute Gasteiger partial charge is 0.391 e. The number of hydrogen-bond donors (Lipinski definition) is 1. The first-order valence-corrected chi connectivity index (χ1v) is 7.40. The molecule has 0 aromatic carbocycles. The summed E-state index contributed by atoms with van der Waals surface area (Å²) in [6.45, 7) is 10.4. The number of quaternary nitrogens is 1. The van der Waals surface area contributed by atoms with Crippen molar-refractivity contribution < 1.29 is 5.11 Å². The highest BCUT2D eigenvalue weighted by molar-refractivity contribution is 5.47. The summed E-state index contributed by atoms with van der Waals surface area (Å²) in [5.41, 5.74) is 1.09. The Bertz CT molecular complexity index is 439. The van der Waals surface area contributed by atoms with Gasteiger partial charge in [-0.1, -0.05) is 6.92 Å². The highest BCUT2D eigenvalue weighted by Gasteiger charge is 2.52. The summed E-state index contributed by atoms with van der Waals surface area (Å²) in [7, 11) is 0. The fraction of sp³-hybridized carbons (Fsp3) is 0.688. The van der Waals surface area contributed by atoms with E-state index in [2.05, 4.69) is 32.7 Å². The topological polar surface area (TPSA) is 33.1 Å². The standard InChI is InChI=1S/C16H27N2O/c1-5-14-9-7-11-18(14,16(2,3)4)15-13(12-19)8-6-10-17-15/h6,8,10,14,19H,5,7,9,11-12H2,1-4H3/q+1. The molecule has 0 amide bonds. The second-order valence-corrected chi connectivity index (χ2v) is 6.61. The van der Waals surface area contributed by atoms with Gasteiger partial charge in [-0.3, -0.25) is 4.48 Å². The molecule has 1 aromatic rings. The quantitative estimate of drug-likeness (QED) is 0.849. The molecular formula is C16H27N2O+. The van der Waals surface area contributed by atoms with Gasteiger partial charge < -0.3 is 5.11 Å². The third-order valence-electron chi connectivity index (χ3n) is 4.76. The van der Waals surface area contributed by atoms with Gasteiger partial charge in [0, 0.05) is 19.0 Å². The molecule has 19 heavy (non-hydrogen) atoms. The first-order chi connectivity index (χ1) is 8.97. The van der Waals surface area contributed by atoms with Crippen LogP contribution in [0.15, 0.2) is 18.3 Å². The van der Waals surface area contributed by atoms with Crippen molar-refractivity contribution in [1.29, 1.82) is 0 Å². The van der Waals surface area contributed by atoms with Crippen LogP contribution in [0.2, 0.25) is 0 Å². The van der Waals surface area contributed by atoms with Gasteiger partial charge in [-0.25, -0.2) is 4.98 Å². The molecule has 1 N–H and O–H groups in total. The molecule has 0 spiro atoms. The third kappa shape index (κ3) is 2.19. The molecule has 2 heterocycles. The lowest BCUT2D eigenvalue weighted by molar-refractivity contribution is 0.115. The number of pyridine rings is 1. The molecule has 0 aliphatic carbocycles. The predicted octanol–water partition coefficient (Wildman–Crippen LogP) is 3.25. The molecule has 2 rings (SSSR count). The summed E-state index contributed by atoms with van der Waals surface area (Å²) in [4.78, 5) is 4.68. The number of likely N-dealkylation sites (tertiary alicyclic amines) is 1. The molecule has 0 radical (unpaired) electrons. The lowest BCUT2D eigenvalue weighted by Crippen LogP contribution is -2.65. The van der Waals surface area contributed by atoms with Crippen LogP contribution in [0.5, 0.6) is 0 Å². The van der Waals surface area contributed by atoms with Gasteiger partial charge in [-0.2, -0.15) is 0 Å². The summed E-state index contributed by atoms with van der Waals surface area (Å²) in [6, 6.07) is 4.55. The highest BCUT2D eigenvalue weighted by Crippen LogP contribution is 2.43. The van der Waals surface area contributed by atoms with E-state index in [9.17, 15) is 5.11 Å². The molecule has 2 atom stereocenters. The van der Waals surface area contributed by atoms with Crippen molar-refractivity contribution >= 4 is 5.82 Å². The van der Waals surface area contributed by atoms with Crippen molar-refractivity contribution in [2.24, 2.45) is 0 Å². The summed E-state index contributed by atoms with van der Waals surface area (Å²) < 4.78 is 0.917. The third-order valence-corrected chi connectivity index (χ3v) is 4.76. The van der Waals surface area contributed by atoms with Crippen molar-refractivity contribution in [1.82, 2.24) is 9.47 Å². The maximum Gasteiger partial charge on any atom is 0.233 e. The first kappa shape index (κ1) is 14.5. The van der Waals surface area contributed by atoms with Crippen LogP contribution in [-0.4, -0.2) is 28.2 Å². The smallest absolute Gasteiger partial charge is 0.233 e. The van der Waals surface area contributed by atoms with Crippen LogP contribution in [0.25, 0.3) is 0 Å². The van der Waals surface area contributed by atoms with E-state index in [1.165, 1.54) is 19.3 Å². The lowest BCUT2D eigenvalue weighted by atomic mass is 9.96. The number of aromatic nitrogens is 1.